The smallest absolute Gasteiger partial charge is 0.270 e. The molecule has 0 spiro atoms. The van der Waals surface area contributed by atoms with E-state index in [1.54, 1.807) is 24.8 Å². The Kier molecular flexibility index (Phi) is 11.0. The lowest BCUT2D eigenvalue weighted by Crippen LogP contribution is -2.47. The molecule has 1 saturated heterocycles. The number of piperazine rings is 1. The first kappa shape index (κ1) is 37.2. The first-order valence-corrected chi connectivity index (χ1v) is 19.9. The maximum atomic E-state index is 13.5. The van der Waals surface area contributed by atoms with Gasteiger partial charge in [-0.3, -0.25) is 4.90 Å². The number of ether oxygens (including phenoxy) is 3. The van der Waals surface area contributed by atoms with Gasteiger partial charge in [0.15, 0.2) is 5.65 Å². The van der Waals surface area contributed by atoms with Crippen molar-refractivity contribution < 1.29 is 22.6 Å². The molecule has 0 bridgehead atoms. The third-order valence-electron chi connectivity index (χ3n) is 9.92. The molecule has 0 unspecified atom stereocenters. The van der Waals surface area contributed by atoms with Crippen molar-refractivity contribution in [2.75, 3.05) is 57.9 Å². The predicted molar refractivity (Wildman–Crippen MR) is 210 cm³/mol. The second kappa shape index (κ2) is 15.7. The summed E-state index contributed by atoms with van der Waals surface area (Å²) in [5, 5.41) is 1.45. The fraction of sp³-hybridized carbons (Fsp3) is 0.350. The van der Waals surface area contributed by atoms with Gasteiger partial charge in [-0.25, -0.2) is 22.4 Å². The van der Waals surface area contributed by atoms with Crippen molar-refractivity contribution in [2.45, 2.75) is 38.0 Å². The van der Waals surface area contributed by atoms with E-state index in [-0.39, 0.29) is 28.1 Å². The first-order valence-electron chi connectivity index (χ1n) is 17.7. The van der Waals surface area contributed by atoms with Gasteiger partial charge in [-0.1, -0.05) is 60.8 Å². The average Bonchev–Trinajstić information content (AvgIpc) is 3.58. The van der Waals surface area contributed by atoms with Gasteiger partial charge in [0, 0.05) is 68.2 Å². The molecule has 0 saturated carbocycles. The molecule has 3 aromatic heterocycles. The highest BCUT2D eigenvalue weighted by Crippen LogP contribution is 2.43. The van der Waals surface area contributed by atoms with Crippen molar-refractivity contribution in [3.05, 3.63) is 107 Å². The molecule has 7 rings (SSSR count). The minimum atomic E-state index is -4.04. The molecule has 2 aromatic carbocycles. The molecule has 1 fully saturated rings. The Morgan fingerprint density at radius 1 is 0.887 bits per heavy atom. The number of benzene rings is 2. The van der Waals surface area contributed by atoms with Gasteiger partial charge in [0.05, 0.1) is 19.0 Å². The molecule has 4 heterocycles. The van der Waals surface area contributed by atoms with Gasteiger partial charge in [0.25, 0.3) is 10.0 Å². The molecular weight excluding hydrogens is 733 g/mol. The van der Waals surface area contributed by atoms with E-state index in [0.717, 1.165) is 60.2 Å². The van der Waals surface area contributed by atoms with Crippen LogP contribution in [0.25, 0.3) is 16.6 Å². The van der Waals surface area contributed by atoms with Crippen molar-refractivity contribution >= 4 is 55.5 Å². The van der Waals surface area contributed by atoms with Crippen molar-refractivity contribution in [1.82, 2.24) is 18.8 Å². The highest BCUT2D eigenvalue weighted by molar-refractivity contribution is 7.90. The summed E-state index contributed by atoms with van der Waals surface area (Å²) in [6, 6.07) is 21.2. The van der Waals surface area contributed by atoms with Crippen LogP contribution in [0.1, 0.15) is 38.7 Å². The second-order valence-corrected chi connectivity index (χ2v) is 17.0. The summed E-state index contributed by atoms with van der Waals surface area (Å²) in [4.78, 5) is 13.5. The van der Waals surface area contributed by atoms with Crippen LogP contribution in [-0.2, 0) is 14.8 Å². The van der Waals surface area contributed by atoms with Crippen LogP contribution < -0.4 is 14.4 Å². The van der Waals surface area contributed by atoms with E-state index in [4.69, 9.17) is 37.4 Å². The number of anilines is 1. The summed E-state index contributed by atoms with van der Waals surface area (Å²) in [5.41, 5.74) is 5.96. The second-order valence-electron chi connectivity index (χ2n) is 14.3. The van der Waals surface area contributed by atoms with Crippen molar-refractivity contribution in [2.24, 2.45) is 5.41 Å². The van der Waals surface area contributed by atoms with Crippen molar-refractivity contribution in [3.63, 3.8) is 0 Å². The highest BCUT2D eigenvalue weighted by Gasteiger charge is 2.29. The van der Waals surface area contributed by atoms with Gasteiger partial charge in [0.2, 0.25) is 5.88 Å². The molecule has 13 heteroatoms. The van der Waals surface area contributed by atoms with Gasteiger partial charge in [-0.05, 0) is 78.3 Å². The average molecular weight is 777 g/mol. The molecule has 0 N–H and O–H groups in total. The molecule has 5 aromatic rings. The molecule has 278 valence electrons. The van der Waals surface area contributed by atoms with Crippen LogP contribution in [0.3, 0.4) is 0 Å². The lowest BCUT2D eigenvalue weighted by Gasteiger charge is -2.39. The Labute approximate surface area is 321 Å². The summed E-state index contributed by atoms with van der Waals surface area (Å²) in [7, 11) is -2.49. The monoisotopic (exact) mass is 775 g/mol. The van der Waals surface area contributed by atoms with E-state index in [2.05, 4.69) is 51.8 Å². The van der Waals surface area contributed by atoms with E-state index in [1.165, 1.54) is 42.2 Å². The number of rotatable bonds is 12. The molecule has 10 nitrogen and oxygen atoms in total. The molecule has 1 aliphatic heterocycles. The molecule has 0 atom stereocenters. The third kappa shape index (κ3) is 8.50. The number of aromatic nitrogens is 3. The fourth-order valence-corrected chi connectivity index (χ4v) is 8.69. The van der Waals surface area contributed by atoms with Crippen LogP contribution in [0.5, 0.6) is 17.4 Å². The number of methoxy groups -OCH3 is 1. The molecule has 53 heavy (non-hydrogen) atoms. The zero-order chi connectivity index (χ0) is 37.2. The summed E-state index contributed by atoms with van der Waals surface area (Å²) >= 11 is 12.5. The van der Waals surface area contributed by atoms with Gasteiger partial charge in [0.1, 0.15) is 28.0 Å². The van der Waals surface area contributed by atoms with Crippen LogP contribution in [0.2, 0.25) is 10.0 Å². The van der Waals surface area contributed by atoms with Gasteiger partial charge in [-0.15, -0.1) is 0 Å². The SMILES string of the molecule is COCCOc1ncc(S(=O)(=O)n2ccc3cc(Oc4cccc(N5CCN(CC6=C(c7ccc(Cl)cc7)CC(C)(C)CC6)CC5)c4)cnc32)cc1Cl. The number of nitrogens with zero attached hydrogens (tertiary/aromatic N) is 5. The Morgan fingerprint density at radius 2 is 1.68 bits per heavy atom. The zero-order valence-corrected chi connectivity index (χ0v) is 32.4. The standard InChI is InChI=1S/C40H43Cl2N5O5S/c1-40(2)13-11-30(36(24-40)28-7-9-31(41)10-8-28)27-45-15-17-46(18-16-45)32-5-4-6-33(22-32)52-34-21-29-12-14-47(38(29)43-25-34)53(48,49)35-23-37(42)39(44-26-35)51-20-19-50-3/h4-10,12,14,21-23,25-26H,11,13,15-20,24,27H2,1-3H3. The van der Waals surface area contributed by atoms with Gasteiger partial charge in [-0.2, -0.15) is 0 Å². The quantitative estimate of drug-likeness (QED) is 0.115. The van der Waals surface area contributed by atoms with Crippen molar-refractivity contribution in [3.8, 4) is 17.4 Å². The largest absolute Gasteiger partial charge is 0.474 e. The first-order chi connectivity index (χ1) is 25.5. The number of hydrogen-bond donors (Lipinski definition) is 0. The summed E-state index contributed by atoms with van der Waals surface area (Å²) in [6.07, 6.45) is 7.60. The lowest BCUT2D eigenvalue weighted by molar-refractivity contribution is 0.143. The molecular formula is C40H43Cl2N5O5S. The maximum absolute atomic E-state index is 13.5. The lowest BCUT2D eigenvalue weighted by atomic mass is 9.72. The molecule has 1 aliphatic carbocycles. The Morgan fingerprint density at radius 3 is 2.43 bits per heavy atom. The maximum Gasteiger partial charge on any atom is 0.270 e. The Bertz CT molecular complexity index is 2230. The third-order valence-corrected chi connectivity index (χ3v) is 12.1. The van der Waals surface area contributed by atoms with Crippen LogP contribution in [0, 0.1) is 5.41 Å². The Balaban J connectivity index is 1.000. The number of fused-ring (bicyclic) bond motifs is 1. The zero-order valence-electron chi connectivity index (χ0n) is 30.1. The number of allylic oxidation sites excluding steroid dienone is 1. The topological polar surface area (TPSA) is 99.0 Å². The van der Waals surface area contributed by atoms with Crippen LogP contribution in [0.4, 0.5) is 5.69 Å². The minimum absolute atomic E-state index is 0.0801. The van der Waals surface area contributed by atoms with Gasteiger partial charge >= 0.3 is 0 Å². The van der Waals surface area contributed by atoms with Crippen LogP contribution >= 0.6 is 23.2 Å². The van der Waals surface area contributed by atoms with Crippen molar-refractivity contribution in [1.29, 1.82) is 0 Å². The van der Waals surface area contributed by atoms with E-state index in [1.807, 2.05) is 30.3 Å². The molecule has 0 radical (unpaired) electrons. The fourth-order valence-electron chi connectivity index (χ4n) is 7.00. The molecule has 2 aliphatic rings. The Hall–Kier alpha value is -4.13. The summed E-state index contributed by atoms with van der Waals surface area (Å²) in [5.74, 6) is 1.30. The number of hydrogen-bond acceptors (Lipinski definition) is 9. The van der Waals surface area contributed by atoms with E-state index >= 15 is 0 Å². The number of pyridine rings is 2. The van der Waals surface area contributed by atoms with Crippen LogP contribution in [-0.4, -0.2) is 80.3 Å². The molecule has 0 amide bonds. The van der Waals surface area contributed by atoms with E-state index < -0.39 is 10.0 Å². The van der Waals surface area contributed by atoms with E-state index in [9.17, 15) is 8.42 Å². The summed E-state index contributed by atoms with van der Waals surface area (Å²) < 4.78 is 44.9. The van der Waals surface area contributed by atoms with Gasteiger partial charge < -0.3 is 19.1 Å². The summed E-state index contributed by atoms with van der Waals surface area (Å²) in [6.45, 7) is 10.1. The minimum Gasteiger partial charge on any atom is -0.474 e. The highest BCUT2D eigenvalue weighted by atomic mass is 35.5. The van der Waals surface area contributed by atoms with Crippen LogP contribution in [0.15, 0.2) is 95.8 Å². The predicted octanol–water partition coefficient (Wildman–Crippen LogP) is 8.58. The van der Waals surface area contributed by atoms with E-state index in [0.29, 0.717) is 28.9 Å². The normalized spacial score (nSPS) is 16.7. The number of halogens is 2.